The van der Waals surface area contributed by atoms with E-state index >= 15 is 0 Å². The summed E-state index contributed by atoms with van der Waals surface area (Å²) in [7, 11) is 0. The molecule has 1 fully saturated rings. The molecule has 0 atom stereocenters. The van der Waals surface area contributed by atoms with E-state index < -0.39 is 0 Å². The van der Waals surface area contributed by atoms with Crippen LogP contribution in [0.2, 0.25) is 5.02 Å². The van der Waals surface area contributed by atoms with E-state index in [1.165, 1.54) is 19.3 Å². The highest BCUT2D eigenvalue weighted by molar-refractivity contribution is 6.33. The van der Waals surface area contributed by atoms with Gasteiger partial charge in [0.05, 0.1) is 5.02 Å². The van der Waals surface area contributed by atoms with Gasteiger partial charge in [-0.2, -0.15) is 0 Å². The lowest BCUT2D eigenvalue weighted by molar-refractivity contribution is 0.0900. The Morgan fingerprint density at radius 1 is 1.10 bits per heavy atom. The molecule has 1 heterocycles. The van der Waals surface area contributed by atoms with E-state index in [1.54, 1.807) is 18.2 Å². The van der Waals surface area contributed by atoms with Gasteiger partial charge in [0.25, 0.3) is 5.91 Å². The maximum atomic E-state index is 12.2. The Kier molecular flexibility index (Phi) is 4.30. The minimum atomic E-state index is -0.139. The molecule has 0 unspecified atom stereocenters. The first kappa shape index (κ1) is 14.2. The molecule has 1 N–H and O–H groups in total. The van der Waals surface area contributed by atoms with Gasteiger partial charge in [0, 0.05) is 11.6 Å². The highest BCUT2D eigenvalue weighted by atomic mass is 35.5. The second-order valence-corrected chi connectivity index (χ2v) is 5.86. The summed E-state index contributed by atoms with van der Waals surface area (Å²) in [6.45, 7) is 0. The monoisotopic (exact) mass is 303 g/mol. The number of halogens is 1. The maximum absolute atomic E-state index is 12.2. The summed E-state index contributed by atoms with van der Waals surface area (Å²) in [5.74, 6) is 0.824. The molecular formula is C17H18ClNO2. The molecule has 0 radical (unpaired) electrons. The Balaban J connectivity index is 1.72. The summed E-state index contributed by atoms with van der Waals surface area (Å²) in [6, 6.07) is 11.2. The summed E-state index contributed by atoms with van der Waals surface area (Å²) < 4.78 is 5.66. The molecule has 110 valence electrons. The first-order valence-electron chi connectivity index (χ1n) is 7.39. The van der Waals surface area contributed by atoms with Crippen LogP contribution >= 0.6 is 11.6 Å². The third-order valence-electron chi connectivity index (χ3n) is 3.91. The van der Waals surface area contributed by atoms with Gasteiger partial charge in [0.1, 0.15) is 5.76 Å². The highest BCUT2D eigenvalue weighted by Crippen LogP contribution is 2.29. The lowest BCUT2D eigenvalue weighted by atomic mass is 9.95. The SMILES string of the molecule is O=C(NC1CCCCC1)c1ccc(-c2ccccc2Cl)o1. The van der Waals surface area contributed by atoms with Gasteiger partial charge in [-0.3, -0.25) is 4.79 Å². The Hall–Kier alpha value is -1.74. The molecule has 4 heteroatoms. The average molecular weight is 304 g/mol. The minimum absolute atomic E-state index is 0.139. The zero-order chi connectivity index (χ0) is 14.7. The van der Waals surface area contributed by atoms with Crippen molar-refractivity contribution in [3.8, 4) is 11.3 Å². The summed E-state index contributed by atoms with van der Waals surface area (Å²) in [4.78, 5) is 12.2. The summed E-state index contributed by atoms with van der Waals surface area (Å²) in [5.41, 5.74) is 0.802. The van der Waals surface area contributed by atoms with E-state index in [-0.39, 0.29) is 11.9 Å². The molecule has 1 amide bonds. The molecular weight excluding hydrogens is 286 g/mol. The van der Waals surface area contributed by atoms with E-state index in [9.17, 15) is 4.79 Å². The van der Waals surface area contributed by atoms with Crippen LogP contribution in [0.15, 0.2) is 40.8 Å². The molecule has 0 saturated heterocycles. The van der Waals surface area contributed by atoms with Crippen LogP contribution in [0.25, 0.3) is 11.3 Å². The van der Waals surface area contributed by atoms with Crippen LogP contribution in [0.1, 0.15) is 42.7 Å². The summed E-state index contributed by atoms with van der Waals surface area (Å²) in [6.07, 6.45) is 5.76. The van der Waals surface area contributed by atoms with Crippen molar-refractivity contribution in [1.29, 1.82) is 0 Å². The second kappa shape index (κ2) is 6.35. The van der Waals surface area contributed by atoms with Gasteiger partial charge in [0.15, 0.2) is 5.76 Å². The van der Waals surface area contributed by atoms with E-state index in [1.807, 2.05) is 18.2 Å². The highest BCUT2D eigenvalue weighted by Gasteiger charge is 2.19. The first-order valence-corrected chi connectivity index (χ1v) is 7.77. The Labute approximate surface area is 129 Å². The third kappa shape index (κ3) is 3.30. The van der Waals surface area contributed by atoms with Crippen molar-refractivity contribution in [2.24, 2.45) is 0 Å². The van der Waals surface area contributed by atoms with Gasteiger partial charge < -0.3 is 9.73 Å². The van der Waals surface area contributed by atoms with Crippen LogP contribution in [0.3, 0.4) is 0 Å². The fourth-order valence-electron chi connectivity index (χ4n) is 2.77. The molecule has 3 nitrogen and oxygen atoms in total. The molecule has 2 aromatic rings. The summed E-state index contributed by atoms with van der Waals surface area (Å²) in [5, 5.41) is 3.67. The Morgan fingerprint density at radius 3 is 2.62 bits per heavy atom. The normalized spacial score (nSPS) is 15.9. The average Bonchev–Trinajstić information content (AvgIpc) is 2.98. The second-order valence-electron chi connectivity index (χ2n) is 5.45. The molecule has 0 spiro atoms. The molecule has 1 aliphatic carbocycles. The number of carbonyl (C=O) groups is 1. The van der Waals surface area contributed by atoms with Crippen molar-refractivity contribution in [1.82, 2.24) is 5.32 Å². The fourth-order valence-corrected chi connectivity index (χ4v) is 3.00. The molecule has 1 aromatic heterocycles. The Morgan fingerprint density at radius 2 is 1.86 bits per heavy atom. The lowest BCUT2D eigenvalue weighted by Crippen LogP contribution is -2.35. The van der Waals surface area contributed by atoms with Gasteiger partial charge in [-0.25, -0.2) is 0 Å². The third-order valence-corrected chi connectivity index (χ3v) is 4.24. The number of nitrogens with one attached hydrogen (secondary N) is 1. The van der Waals surface area contributed by atoms with Crippen LogP contribution in [0.5, 0.6) is 0 Å². The standard InChI is InChI=1S/C17H18ClNO2/c18-14-9-5-4-8-13(14)15-10-11-16(21-15)17(20)19-12-6-2-1-3-7-12/h4-5,8-12H,1-3,6-7H2,(H,19,20). The van der Waals surface area contributed by atoms with Gasteiger partial charge in [0.2, 0.25) is 0 Å². The van der Waals surface area contributed by atoms with Crippen molar-refractivity contribution < 1.29 is 9.21 Å². The van der Waals surface area contributed by atoms with Crippen molar-refractivity contribution in [2.75, 3.05) is 0 Å². The number of benzene rings is 1. The zero-order valence-electron chi connectivity index (χ0n) is 11.8. The van der Waals surface area contributed by atoms with Gasteiger partial charge >= 0.3 is 0 Å². The topological polar surface area (TPSA) is 42.2 Å². The molecule has 0 aliphatic heterocycles. The van der Waals surface area contributed by atoms with Crippen LogP contribution in [-0.2, 0) is 0 Å². The molecule has 3 rings (SSSR count). The van der Waals surface area contributed by atoms with Crippen molar-refractivity contribution in [3.05, 3.63) is 47.2 Å². The largest absolute Gasteiger partial charge is 0.451 e. The number of hydrogen-bond acceptors (Lipinski definition) is 2. The quantitative estimate of drug-likeness (QED) is 0.896. The van der Waals surface area contributed by atoms with E-state index in [2.05, 4.69) is 5.32 Å². The van der Waals surface area contributed by atoms with Gasteiger partial charge in [-0.15, -0.1) is 0 Å². The zero-order valence-corrected chi connectivity index (χ0v) is 12.5. The summed E-state index contributed by atoms with van der Waals surface area (Å²) >= 11 is 6.14. The number of rotatable bonds is 3. The maximum Gasteiger partial charge on any atom is 0.287 e. The van der Waals surface area contributed by atoms with Crippen LogP contribution in [0.4, 0.5) is 0 Å². The fraction of sp³-hybridized carbons (Fsp3) is 0.353. The number of amides is 1. The van der Waals surface area contributed by atoms with Crippen LogP contribution in [-0.4, -0.2) is 11.9 Å². The van der Waals surface area contributed by atoms with E-state index in [0.717, 1.165) is 18.4 Å². The molecule has 1 aliphatic rings. The lowest BCUT2D eigenvalue weighted by Gasteiger charge is -2.22. The minimum Gasteiger partial charge on any atom is -0.451 e. The van der Waals surface area contributed by atoms with E-state index in [4.69, 9.17) is 16.0 Å². The first-order chi connectivity index (χ1) is 10.2. The number of hydrogen-bond donors (Lipinski definition) is 1. The van der Waals surface area contributed by atoms with Gasteiger partial charge in [-0.05, 0) is 37.1 Å². The van der Waals surface area contributed by atoms with Gasteiger partial charge in [-0.1, -0.05) is 43.0 Å². The molecule has 1 saturated carbocycles. The van der Waals surface area contributed by atoms with Crippen molar-refractivity contribution in [2.45, 2.75) is 38.1 Å². The van der Waals surface area contributed by atoms with Crippen molar-refractivity contribution in [3.63, 3.8) is 0 Å². The predicted octanol–water partition coefficient (Wildman–Crippen LogP) is 4.66. The number of furan rings is 1. The molecule has 0 bridgehead atoms. The number of carbonyl (C=O) groups excluding carboxylic acids is 1. The van der Waals surface area contributed by atoms with E-state index in [0.29, 0.717) is 16.5 Å². The molecule has 1 aromatic carbocycles. The smallest absolute Gasteiger partial charge is 0.287 e. The van der Waals surface area contributed by atoms with Crippen molar-refractivity contribution >= 4 is 17.5 Å². The predicted molar refractivity (Wildman–Crippen MR) is 83.5 cm³/mol. The van der Waals surface area contributed by atoms with Crippen LogP contribution in [0, 0.1) is 0 Å². The molecule has 21 heavy (non-hydrogen) atoms. The Bertz CT molecular complexity index is 629. The van der Waals surface area contributed by atoms with Crippen LogP contribution < -0.4 is 5.32 Å².